The fourth-order valence-electron chi connectivity index (χ4n) is 2.73. The van der Waals surface area contributed by atoms with E-state index >= 15 is 0 Å². The van der Waals surface area contributed by atoms with Crippen molar-refractivity contribution in [3.63, 3.8) is 0 Å². The average Bonchev–Trinajstić information content (AvgIpc) is 3.34. The second kappa shape index (κ2) is 6.68. The molecule has 0 saturated carbocycles. The Hall–Kier alpha value is -3.28. The van der Waals surface area contributed by atoms with Crippen molar-refractivity contribution in [2.75, 3.05) is 19.0 Å². The maximum Gasteiger partial charge on any atom is 0.290 e. The van der Waals surface area contributed by atoms with Crippen LogP contribution in [0.5, 0.6) is 5.75 Å². The zero-order valence-corrected chi connectivity index (χ0v) is 13.7. The van der Waals surface area contributed by atoms with Crippen LogP contribution in [0.1, 0.15) is 11.7 Å². The summed E-state index contributed by atoms with van der Waals surface area (Å²) in [5.74, 6) is 1.34. The lowest BCUT2D eigenvalue weighted by molar-refractivity contribution is 0.229. The van der Waals surface area contributed by atoms with Gasteiger partial charge in [0.25, 0.3) is 6.02 Å². The lowest BCUT2D eigenvalue weighted by Crippen LogP contribution is -2.13. The monoisotopic (exact) mass is 335 g/mol. The minimum absolute atomic E-state index is 0.0564. The normalized spacial score (nSPS) is 16.2. The molecule has 1 atom stereocenters. The highest BCUT2D eigenvalue weighted by molar-refractivity contribution is 5.91. The van der Waals surface area contributed by atoms with Crippen molar-refractivity contribution < 1.29 is 13.9 Å². The zero-order chi connectivity index (χ0) is 17.1. The number of ether oxygens (including phenoxy) is 2. The molecule has 1 aliphatic rings. The van der Waals surface area contributed by atoms with Gasteiger partial charge in [-0.2, -0.15) is 0 Å². The number of nitrogens with zero attached hydrogens (tertiary/aromatic N) is 2. The summed E-state index contributed by atoms with van der Waals surface area (Å²) in [6, 6.07) is 16.3. The highest BCUT2D eigenvalue weighted by Gasteiger charge is 2.21. The Morgan fingerprint density at radius 2 is 2.04 bits per heavy atom. The first-order valence-corrected chi connectivity index (χ1v) is 7.93. The number of hydrogen-bond acceptors (Lipinski definition) is 6. The largest absolute Gasteiger partial charge is 0.496 e. The van der Waals surface area contributed by atoms with Gasteiger partial charge in [-0.15, -0.1) is 0 Å². The van der Waals surface area contributed by atoms with Crippen molar-refractivity contribution in [2.45, 2.75) is 6.10 Å². The lowest BCUT2D eigenvalue weighted by atomic mass is 10.1. The van der Waals surface area contributed by atoms with Crippen LogP contribution in [0.4, 0.5) is 5.69 Å². The van der Waals surface area contributed by atoms with Crippen molar-refractivity contribution in [3.05, 3.63) is 66.7 Å². The Balaban J connectivity index is 1.48. The molecule has 0 aliphatic carbocycles. The fourth-order valence-corrected chi connectivity index (χ4v) is 2.73. The van der Waals surface area contributed by atoms with Crippen LogP contribution in [-0.4, -0.2) is 24.7 Å². The van der Waals surface area contributed by atoms with Gasteiger partial charge in [-0.05, 0) is 17.7 Å². The Morgan fingerprint density at radius 1 is 1.16 bits per heavy atom. The molecule has 0 fully saturated rings. The van der Waals surface area contributed by atoms with Crippen LogP contribution in [0.3, 0.4) is 0 Å². The van der Waals surface area contributed by atoms with Gasteiger partial charge in [0, 0.05) is 11.8 Å². The van der Waals surface area contributed by atoms with Crippen molar-refractivity contribution in [3.8, 4) is 17.1 Å². The minimum atomic E-state index is -0.0564. The van der Waals surface area contributed by atoms with Crippen molar-refractivity contribution >= 4 is 11.7 Å². The number of anilines is 1. The smallest absolute Gasteiger partial charge is 0.290 e. The third kappa shape index (κ3) is 3.19. The summed E-state index contributed by atoms with van der Waals surface area (Å²) in [5.41, 5.74) is 2.77. The molecule has 25 heavy (non-hydrogen) atoms. The molecular weight excluding hydrogens is 318 g/mol. The molecule has 3 aromatic rings. The maximum atomic E-state index is 5.90. The molecule has 6 nitrogen and oxygen atoms in total. The Bertz CT molecular complexity index is 876. The SMILES string of the molecule is COc1cc(NC2=NCC(c3ccccc3)O2)ccc1-c1cnco1. The van der Waals surface area contributed by atoms with Gasteiger partial charge in [-0.3, -0.25) is 0 Å². The van der Waals surface area contributed by atoms with Crippen LogP contribution in [0, 0.1) is 0 Å². The molecule has 1 unspecified atom stereocenters. The quantitative estimate of drug-likeness (QED) is 0.783. The molecule has 2 heterocycles. The summed E-state index contributed by atoms with van der Waals surface area (Å²) in [5, 5.41) is 3.19. The van der Waals surface area contributed by atoms with Gasteiger partial charge in [-0.25, -0.2) is 9.98 Å². The van der Waals surface area contributed by atoms with Crippen molar-refractivity contribution in [1.82, 2.24) is 4.98 Å². The molecule has 1 aromatic heterocycles. The highest BCUT2D eigenvalue weighted by Crippen LogP contribution is 2.32. The summed E-state index contributed by atoms with van der Waals surface area (Å²) in [4.78, 5) is 8.37. The first-order valence-electron chi connectivity index (χ1n) is 7.93. The van der Waals surface area contributed by atoms with Gasteiger partial charge in [-0.1, -0.05) is 30.3 Å². The van der Waals surface area contributed by atoms with Crippen LogP contribution in [0.2, 0.25) is 0 Å². The number of methoxy groups -OCH3 is 1. The third-order valence-electron chi connectivity index (χ3n) is 3.98. The standard InChI is InChI=1S/C19H17N3O3/c1-23-16-9-14(7-8-15(16)18-10-20-12-24-18)22-19-21-11-17(25-19)13-5-3-2-4-6-13/h2-10,12,17H,11H2,1H3,(H,21,22). The molecule has 0 bridgehead atoms. The van der Waals surface area contributed by atoms with E-state index in [1.165, 1.54) is 6.39 Å². The van der Waals surface area contributed by atoms with E-state index in [0.717, 1.165) is 16.8 Å². The predicted molar refractivity (Wildman–Crippen MR) is 94.7 cm³/mol. The van der Waals surface area contributed by atoms with Crippen LogP contribution < -0.4 is 10.1 Å². The molecular formula is C19H17N3O3. The molecule has 0 amide bonds. The molecule has 126 valence electrons. The van der Waals surface area contributed by atoms with Gasteiger partial charge in [0.15, 0.2) is 12.2 Å². The summed E-state index contributed by atoms with van der Waals surface area (Å²) in [6.45, 7) is 0.597. The number of amidine groups is 1. The zero-order valence-electron chi connectivity index (χ0n) is 13.7. The third-order valence-corrected chi connectivity index (χ3v) is 3.98. The van der Waals surface area contributed by atoms with E-state index in [9.17, 15) is 0 Å². The predicted octanol–water partition coefficient (Wildman–Crippen LogP) is 3.89. The summed E-state index contributed by atoms with van der Waals surface area (Å²) in [6.07, 6.45) is 2.99. The molecule has 0 radical (unpaired) electrons. The minimum Gasteiger partial charge on any atom is -0.496 e. The van der Waals surface area contributed by atoms with Crippen molar-refractivity contribution in [1.29, 1.82) is 0 Å². The van der Waals surface area contributed by atoms with E-state index in [0.29, 0.717) is 24.1 Å². The second-order valence-corrected chi connectivity index (χ2v) is 5.57. The number of aromatic nitrogens is 1. The summed E-state index contributed by atoms with van der Waals surface area (Å²) >= 11 is 0. The van der Waals surface area contributed by atoms with E-state index in [-0.39, 0.29) is 6.10 Å². The molecule has 1 aliphatic heterocycles. The van der Waals surface area contributed by atoms with Crippen LogP contribution >= 0.6 is 0 Å². The molecule has 1 N–H and O–H groups in total. The number of benzene rings is 2. The van der Waals surface area contributed by atoms with E-state index in [1.807, 2.05) is 48.5 Å². The fraction of sp³-hybridized carbons (Fsp3) is 0.158. The van der Waals surface area contributed by atoms with Crippen molar-refractivity contribution in [2.24, 2.45) is 4.99 Å². The van der Waals surface area contributed by atoms with Crippen LogP contribution in [0.25, 0.3) is 11.3 Å². The average molecular weight is 335 g/mol. The van der Waals surface area contributed by atoms with Gasteiger partial charge in [0.1, 0.15) is 11.9 Å². The number of rotatable bonds is 4. The number of oxazole rings is 1. The second-order valence-electron chi connectivity index (χ2n) is 5.57. The van der Waals surface area contributed by atoms with Crippen LogP contribution in [0.15, 0.2) is 70.5 Å². The van der Waals surface area contributed by atoms with Gasteiger partial charge >= 0.3 is 0 Å². The van der Waals surface area contributed by atoms with E-state index in [4.69, 9.17) is 13.9 Å². The number of nitrogens with one attached hydrogen (secondary N) is 1. The number of aliphatic imine (C=N–C) groups is 1. The first-order chi connectivity index (χ1) is 12.3. The highest BCUT2D eigenvalue weighted by atomic mass is 16.5. The topological polar surface area (TPSA) is 68.9 Å². The number of hydrogen-bond donors (Lipinski definition) is 1. The first kappa shape index (κ1) is 15.3. The molecule has 6 heteroatoms. The summed E-state index contributed by atoms with van der Waals surface area (Å²) in [7, 11) is 1.62. The van der Waals surface area contributed by atoms with Crippen LogP contribution in [-0.2, 0) is 4.74 Å². The molecule has 0 saturated heterocycles. The van der Waals surface area contributed by atoms with E-state index in [1.54, 1.807) is 13.3 Å². The van der Waals surface area contributed by atoms with Gasteiger partial charge in [0.2, 0.25) is 0 Å². The molecule has 0 spiro atoms. The summed E-state index contributed by atoms with van der Waals surface area (Å²) < 4.78 is 16.7. The lowest BCUT2D eigenvalue weighted by Gasteiger charge is -2.13. The van der Waals surface area contributed by atoms with E-state index in [2.05, 4.69) is 15.3 Å². The molecule has 2 aromatic carbocycles. The van der Waals surface area contributed by atoms with Gasteiger partial charge < -0.3 is 19.2 Å². The van der Waals surface area contributed by atoms with E-state index < -0.39 is 0 Å². The van der Waals surface area contributed by atoms with Gasteiger partial charge in [0.05, 0.1) is 25.4 Å². The Morgan fingerprint density at radius 3 is 2.80 bits per heavy atom. The maximum absolute atomic E-state index is 5.90. The Kier molecular flexibility index (Phi) is 4.08. The molecule has 4 rings (SSSR count). The Labute approximate surface area is 145 Å².